The summed E-state index contributed by atoms with van der Waals surface area (Å²) in [6.07, 6.45) is 8.67. The fraction of sp³-hybridized carbons (Fsp3) is 0.486. The van der Waals surface area contributed by atoms with E-state index in [0.717, 1.165) is 49.9 Å². The Hall–Kier alpha value is -3.79. The minimum absolute atomic E-state index is 0.00337. The molecule has 47 heavy (non-hydrogen) atoms. The van der Waals surface area contributed by atoms with Crippen LogP contribution >= 0.6 is 11.3 Å². The van der Waals surface area contributed by atoms with Crippen LogP contribution in [0.25, 0.3) is 37.8 Å². The number of nitrogens with zero attached hydrogens (tertiary/aromatic N) is 6. The summed E-state index contributed by atoms with van der Waals surface area (Å²) in [6, 6.07) is 1.93. The number of nitriles is 1. The molecule has 0 aliphatic carbocycles. The van der Waals surface area contributed by atoms with E-state index in [1.54, 1.807) is 0 Å². The van der Waals surface area contributed by atoms with Gasteiger partial charge in [-0.05, 0) is 57.2 Å². The van der Waals surface area contributed by atoms with Gasteiger partial charge in [-0.1, -0.05) is 26.8 Å². The minimum Gasteiger partial charge on any atom is -0.389 e. The average molecular weight is 661 g/mol. The molecule has 1 atom stereocenters. The number of anilines is 2. The largest absolute Gasteiger partial charge is 0.389 e. The number of pyridine rings is 1. The SMILES string of the molecule is C=C1C[C@@H]2CNCCN2c2nc(CCC34CCCN3CCC4)nc3c(F)c(-c4ncc(F)c5sc(N)c(C#N)c45)c(F)c1c23.CCC. The van der Waals surface area contributed by atoms with E-state index < -0.39 is 23.0 Å². The van der Waals surface area contributed by atoms with Crippen LogP contribution in [-0.2, 0) is 6.42 Å². The molecule has 1 aromatic carbocycles. The maximum atomic E-state index is 17.0. The Morgan fingerprint density at radius 1 is 1.11 bits per heavy atom. The van der Waals surface area contributed by atoms with Crippen molar-refractivity contribution in [2.45, 2.75) is 76.8 Å². The summed E-state index contributed by atoms with van der Waals surface area (Å²) >= 11 is 0.858. The summed E-state index contributed by atoms with van der Waals surface area (Å²) in [5.74, 6) is -1.46. The second-order valence-electron chi connectivity index (χ2n) is 13.2. The fourth-order valence-corrected chi connectivity index (χ4v) is 9.09. The number of nitrogen functional groups attached to an aromatic ring is 1. The number of thiophene rings is 1. The van der Waals surface area contributed by atoms with E-state index >= 15 is 8.78 Å². The van der Waals surface area contributed by atoms with Crippen molar-refractivity contribution in [2.75, 3.05) is 43.4 Å². The van der Waals surface area contributed by atoms with E-state index in [0.29, 0.717) is 55.1 Å². The smallest absolute Gasteiger partial charge is 0.162 e. The van der Waals surface area contributed by atoms with Crippen LogP contribution in [0.1, 0.15) is 75.7 Å². The van der Waals surface area contributed by atoms with Crippen molar-refractivity contribution in [2.24, 2.45) is 0 Å². The summed E-state index contributed by atoms with van der Waals surface area (Å²) < 4.78 is 48.8. The number of aromatic nitrogens is 3. The quantitative estimate of drug-likeness (QED) is 0.242. The van der Waals surface area contributed by atoms with Gasteiger partial charge in [0.2, 0.25) is 0 Å². The van der Waals surface area contributed by atoms with Gasteiger partial charge in [-0.3, -0.25) is 9.88 Å². The molecule has 0 radical (unpaired) electrons. The number of aryl methyl sites for hydroxylation is 1. The molecule has 4 aliphatic rings. The van der Waals surface area contributed by atoms with Crippen LogP contribution in [0.5, 0.6) is 0 Å². The van der Waals surface area contributed by atoms with Crippen LogP contribution in [-0.4, -0.2) is 64.2 Å². The Kier molecular flexibility index (Phi) is 8.35. The first-order valence-corrected chi connectivity index (χ1v) is 17.4. The summed E-state index contributed by atoms with van der Waals surface area (Å²) in [5, 5.41) is 13.6. The fourth-order valence-electron chi connectivity index (χ4n) is 8.17. The van der Waals surface area contributed by atoms with E-state index in [1.165, 1.54) is 19.3 Å². The standard InChI is InChI=1S/C32H31F3N8S.C3H8/c1-16-12-17-14-38-8-11-43(17)31-23-21(16)25(34)24(27-22-18(13-36)30(37)44-29(22)19(33)15-39-27)26(35)28(23)40-20(41-31)4-7-32-5-2-9-42(32)10-3-6-32;1-3-2/h15,17,38H,1-12,14,37H2;3H2,1-2H3/t17-;/m1./s1. The number of nitrogens with two attached hydrogens (primary N) is 1. The van der Waals surface area contributed by atoms with Gasteiger partial charge in [-0.2, -0.15) is 5.26 Å². The number of nitrogens with one attached hydrogen (secondary N) is 1. The summed E-state index contributed by atoms with van der Waals surface area (Å²) in [7, 11) is 0. The molecule has 3 N–H and O–H groups in total. The molecule has 3 saturated heterocycles. The maximum Gasteiger partial charge on any atom is 0.162 e. The number of halogens is 3. The lowest BCUT2D eigenvalue weighted by Gasteiger charge is -2.36. The van der Waals surface area contributed by atoms with Gasteiger partial charge in [-0.25, -0.2) is 23.1 Å². The predicted octanol–water partition coefficient (Wildman–Crippen LogP) is 6.95. The maximum absolute atomic E-state index is 17.0. The molecule has 3 aromatic heterocycles. The van der Waals surface area contributed by atoms with Gasteiger partial charge in [0.05, 0.1) is 33.1 Å². The first-order valence-electron chi connectivity index (χ1n) is 16.6. The zero-order valence-corrected chi connectivity index (χ0v) is 27.7. The van der Waals surface area contributed by atoms with Crippen LogP contribution in [0.4, 0.5) is 24.0 Å². The molecule has 7 heterocycles. The number of fused-ring (bicyclic) bond motifs is 4. The van der Waals surface area contributed by atoms with E-state index in [2.05, 4.69) is 40.5 Å². The molecule has 12 heteroatoms. The molecule has 0 saturated carbocycles. The summed E-state index contributed by atoms with van der Waals surface area (Å²) in [5.41, 5.74) is 6.12. The number of hydrogen-bond acceptors (Lipinski definition) is 9. The highest BCUT2D eigenvalue weighted by molar-refractivity contribution is 7.23. The highest BCUT2D eigenvalue weighted by Crippen LogP contribution is 2.48. The molecule has 4 aliphatic heterocycles. The third kappa shape index (κ3) is 5.05. The molecule has 0 amide bonds. The molecule has 0 bridgehead atoms. The minimum atomic E-state index is -0.914. The second kappa shape index (κ2) is 12.3. The zero-order chi connectivity index (χ0) is 33.0. The lowest BCUT2D eigenvalue weighted by Crippen LogP contribution is -2.51. The van der Waals surface area contributed by atoms with Crippen molar-refractivity contribution in [3.63, 3.8) is 0 Å². The van der Waals surface area contributed by atoms with Crippen molar-refractivity contribution in [1.82, 2.24) is 25.2 Å². The van der Waals surface area contributed by atoms with Gasteiger partial charge in [0.15, 0.2) is 11.6 Å². The Morgan fingerprint density at radius 3 is 2.57 bits per heavy atom. The highest BCUT2D eigenvalue weighted by Gasteiger charge is 2.44. The van der Waals surface area contributed by atoms with Crippen LogP contribution in [0, 0.1) is 28.8 Å². The van der Waals surface area contributed by atoms with E-state index in [9.17, 15) is 9.65 Å². The lowest BCUT2D eigenvalue weighted by atomic mass is 9.88. The van der Waals surface area contributed by atoms with Crippen LogP contribution in [0.2, 0.25) is 0 Å². The van der Waals surface area contributed by atoms with Gasteiger partial charge in [0.1, 0.15) is 34.0 Å². The van der Waals surface area contributed by atoms with Gasteiger partial charge in [0.25, 0.3) is 0 Å². The molecule has 0 spiro atoms. The lowest BCUT2D eigenvalue weighted by molar-refractivity contribution is 0.182. The Morgan fingerprint density at radius 2 is 1.85 bits per heavy atom. The van der Waals surface area contributed by atoms with Gasteiger partial charge >= 0.3 is 0 Å². The predicted molar refractivity (Wildman–Crippen MR) is 182 cm³/mol. The van der Waals surface area contributed by atoms with Crippen molar-refractivity contribution >= 4 is 48.7 Å². The molecule has 0 unspecified atom stereocenters. The molecule has 8 nitrogen and oxygen atoms in total. The van der Waals surface area contributed by atoms with Gasteiger partial charge in [0, 0.05) is 48.6 Å². The third-order valence-corrected chi connectivity index (χ3v) is 11.2. The van der Waals surface area contributed by atoms with Gasteiger partial charge < -0.3 is 16.0 Å². The first kappa shape index (κ1) is 31.8. The summed E-state index contributed by atoms with van der Waals surface area (Å²) in [4.78, 5) is 18.7. The van der Waals surface area contributed by atoms with E-state index in [1.807, 2.05) is 6.07 Å². The molecule has 4 aromatic rings. The first-order chi connectivity index (χ1) is 22.7. The molecular weight excluding hydrogens is 622 g/mol. The van der Waals surface area contributed by atoms with E-state index in [4.69, 9.17) is 15.7 Å². The van der Waals surface area contributed by atoms with Crippen molar-refractivity contribution in [3.8, 4) is 17.3 Å². The second-order valence-corrected chi connectivity index (χ2v) is 14.2. The number of hydrogen-bond donors (Lipinski definition) is 2. The third-order valence-electron chi connectivity index (χ3n) is 10.2. The Balaban J connectivity index is 0.00000113. The topological polar surface area (TPSA) is 107 Å². The normalized spacial score (nSPS) is 20.1. The van der Waals surface area contributed by atoms with Crippen molar-refractivity contribution in [1.29, 1.82) is 5.26 Å². The number of rotatable bonds is 4. The molecular formula is C35H39F3N8S. The monoisotopic (exact) mass is 660 g/mol. The van der Waals surface area contributed by atoms with Gasteiger partial charge in [-0.15, -0.1) is 11.3 Å². The van der Waals surface area contributed by atoms with Crippen LogP contribution < -0.4 is 16.0 Å². The van der Waals surface area contributed by atoms with Crippen molar-refractivity contribution in [3.05, 3.63) is 47.2 Å². The Labute approximate surface area is 276 Å². The number of piperazine rings is 1. The zero-order valence-electron chi connectivity index (χ0n) is 26.9. The molecule has 246 valence electrons. The highest BCUT2D eigenvalue weighted by atomic mass is 32.1. The van der Waals surface area contributed by atoms with Crippen LogP contribution in [0.15, 0.2) is 12.8 Å². The Bertz CT molecular complexity index is 1940. The average Bonchev–Trinajstić information content (AvgIpc) is 3.72. The number of benzene rings is 1. The molecule has 3 fully saturated rings. The summed E-state index contributed by atoms with van der Waals surface area (Å²) in [6.45, 7) is 12.7. The van der Waals surface area contributed by atoms with Crippen LogP contribution in [0.3, 0.4) is 0 Å². The molecule has 8 rings (SSSR count). The van der Waals surface area contributed by atoms with Crippen molar-refractivity contribution < 1.29 is 13.2 Å². The van der Waals surface area contributed by atoms with E-state index in [-0.39, 0.29) is 49.0 Å².